The van der Waals surface area contributed by atoms with Crippen LogP contribution >= 0.6 is 0 Å². The lowest BCUT2D eigenvalue weighted by Crippen LogP contribution is -2.11. The number of hydrogen-bond donors (Lipinski definition) is 0. The van der Waals surface area contributed by atoms with Gasteiger partial charge in [-0.05, 0) is 36.4 Å². The van der Waals surface area contributed by atoms with Crippen molar-refractivity contribution in [3.05, 3.63) is 84.6 Å². The van der Waals surface area contributed by atoms with Crippen molar-refractivity contribution in [1.29, 1.82) is 0 Å². The molecule has 0 N–H and O–H groups in total. The second-order valence-corrected chi connectivity index (χ2v) is 5.81. The number of methoxy groups -OCH3 is 1. The lowest BCUT2D eigenvalue weighted by Gasteiger charge is -2.07. The molecule has 6 heteroatoms. The molecule has 3 aromatic heterocycles. The number of ether oxygens (including phenoxy) is 1. The van der Waals surface area contributed by atoms with Gasteiger partial charge in [0, 0.05) is 12.4 Å². The Hall–Kier alpha value is -3.67. The first-order chi connectivity index (χ1) is 13.3. The standard InChI is InChI=1S/C21H17N5O/c1-27-21-13-19(16-8-3-5-12-23-16)26-20(14-24-21)18-10-6-9-17(25-18)15-7-2-4-11-22-15/h2-12,14H,13H2,1H3. The SMILES string of the molecule is COC1=NC=C(c2cccc(-c3ccccn3)n2)N=C(c2ccccn2)C1. The van der Waals surface area contributed by atoms with Crippen LogP contribution in [0.1, 0.15) is 17.8 Å². The monoisotopic (exact) mass is 355 g/mol. The van der Waals surface area contributed by atoms with E-state index < -0.39 is 0 Å². The minimum Gasteiger partial charge on any atom is -0.484 e. The van der Waals surface area contributed by atoms with Crippen LogP contribution in [0.15, 0.2) is 83.2 Å². The first kappa shape index (κ1) is 16.8. The first-order valence-corrected chi connectivity index (χ1v) is 8.52. The average molecular weight is 355 g/mol. The highest BCUT2D eigenvalue weighted by Gasteiger charge is 2.16. The van der Waals surface area contributed by atoms with E-state index in [1.54, 1.807) is 25.7 Å². The molecule has 0 aliphatic carbocycles. The van der Waals surface area contributed by atoms with E-state index in [9.17, 15) is 0 Å². The van der Waals surface area contributed by atoms with Crippen LogP contribution in [0.5, 0.6) is 0 Å². The third-order valence-electron chi connectivity index (χ3n) is 4.04. The summed E-state index contributed by atoms with van der Waals surface area (Å²) in [5.74, 6) is 0.579. The highest BCUT2D eigenvalue weighted by Crippen LogP contribution is 2.22. The Morgan fingerprint density at radius 1 is 0.778 bits per heavy atom. The molecule has 0 unspecified atom stereocenters. The average Bonchev–Trinajstić information content (AvgIpc) is 2.98. The molecule has 0 aromatic carbocycles. The molecule has 132 valence electrons. The topological polar surface area (TPSA) is 72.6 Å². The molecular formula is C21H17N5O. The van der Waals surface area contributed by atoms with Crippen molar-refractivity contribution in [1.82, 2.24) is 15.0 Å². The van der Waals surface area contributed by atoms with Gasteiger partial charge in [-0.2, -0.15) is 0 Å². The Morgan fingerprint density at radius 2 is 1.48 bits per heavy atom. The van der Waals surface area contributed by atoms with E-state index >= 15 is 0 Å². The summed E-state index contributed by atoms with van der Waals surface area (Å²) in [5.41, 5.74) is 4.53. The van der Waals surface area contributed by atoms with Crippen LogP contribution in [0.25, 0.3) is 17.1 Å². The zero-order chi connectivity index (χ0) is 18.5. The van der Waals surface area contributed by atoms with Gasteiger partial charge in [-0.15, -0.1) is 0 Å². The summed E-state index contributed by atoms with van der Waals surface area (Å²) in [6, 6.07) is 17.3. The molecule has 0 amide bonds. The zero-order valence-corrected chi connectivity index (χ0v) is 14.8. The summed E-state index contributed by atoms with van der Waals surface area (Å²) in [5, 5.41) is 0. The molecule has 0 saturated carbocycles. The highest BCUT2D eigenvalue weighted by molar-refractivity contribution is 6.12. The molecule has 1 aliphatic rings. The van der Waals surface area contributed by atoms with Crippen LogP contribution in [-0.4, -0.2) is 33.7 Å². The quantitative estimate of drug-likeness (QED) is 0.717. The summed E-state index contributed by atoms with van der Waals surface area (Å²) >= 11 is 0. The Morgan fingerprint density at radius 3 is 2.19 bits per heavy atom. The summed E-state index contributed by atoms with van der Waals surface area (Å²) < 4.78 is 5.37. The molecule has 0 spiro atoms. The molecule has 3 aromatic rings. The van der Waals surface area contributed by atoms with E-state index in [4.69, 9.17) is 14.7 Å². The van der Waals surface area contributed by atoms with Crippen molar-refractivity contribution in [2.75, 3.05) is 7.11 Å². The molecule has 27 heavy (non-hydrogen) atoms. The third-order valence-corrected chi connectivity index (χ3v) is 4.04. The number of rotatable bonds is 3. The van der Waals surface area contributed by atoms with Crippen molar-refractivity contribution in [3.8, 4) is 11.4 Å². The van der Waals surface area contributed by atoms with Gasteiger partial charge in [0.05, 0.1) is 48.2 Å². The van der Waals surface area contributed by atoms with Crippen molar-refractivity contribution < 1.29 is 4.74 Å². The van der Waals surface area contributed by atoms with E-state index in [-0.39, 0.29) is 0 Å². The molecular weight excluding hydrogens is 338 g/mol. The van der Waals surface area contributed by atoms with Gasteiger partial charge in [0.15, 0.2) is 5.90 Å². The second kappa shape index (κ2) is 7.70. The van der Waals surface area contributed by atoms with E-state index in [1.807, 2.05) is 54.6 Å². The van der Waals surface area contributed by atoms with Gasteiger partial charge < -0.3 is 4.74 Å². The zero-order valence-electron chi connectivity index (χ0n) is 14.8. The van der Waals surface area contributed by atoms with Crippen molar-refractivity contribution >= 4 is 17.3 Å². The molecule has 0 bridgehead atoms. The van der Waals surface area contributed by atoms with Crippen LogP contribution in [0, 0.1) is 0 Å². The smallest absolute Gasteiger partial charge is 0.193 e. The van der Waals surface area contributed by atoms with E-state index in [0.29, 0.717) is 23.7 Å². The predicted octanol–water partition coefficient (Wildman–Crippen LogP) is 3.77. The Labute approximate surface area is 157 Å². The van der Waals surface area contributed by atoms with Crippen molar-refractivity contribution in [2.45, 2.75) is 6.42 Å². The van der Waals surface area contributed by atoms with Gasteiger partial charge in [0.25, 0.3) is 0 Å². The summed E-state index contributed by atoms with van der Waals surface area (Å²) in [4.78, 5) is 22.7. The Kier molecular flexibility index (Phi) is 4.78. The van der Waals surface area contributed by atoms with Crippen LogP contribution in [0.2, 0.25) is 0 Å². The predicted molar refractivity (Wildman–Crippen MR) is 105 cm³/mol. The van der Waals surface area contributed by atoms with Crippen molar-refractivity contribution in [3.63, 3.8) is 0 Å². The third kappa shape index (κ3) is 3.79. The van der Waals surface area contributed by atoms with Gasteiger partial charge in [-0.25, -0.2) is 15.0 Å². The fourth-order valence-corrected chi connectivity index (χ4v) is 2.70. The summed E-state index contributed by atoms with van der Waals surface area (Å²) in [6.45, 7) is 0. The van der Waals surface area contributed by atoms with Crippen molar-refractivity contribution in [2.24, 2.45) is 9.98 Å². The van der Waals surface area contributed by atoms with Crippen LogP contribution in [-0.2, 0) is 4.74 Å². The fourth-order valence-electron chi connectivity index (χ4n) is 2.70. The molecule has 0 radical (unpaired) electrons. The minimum atomic E-state index is 0.466. The van der Waals surface area contributed by atoms with Crippen LogP contribution < -0.4 is 0 Å². The molecule has 0 fully saturated rings. The molecule has 1 aliphatic heterocycles. The first-order valence-electron chi connectivity index (χ1n) is 8.52. The van der Waals surface area contributed by atoms with E-state index in [1.165, 1.54) is 0 Å². The number of pyridine rings is 3. The van der Waals surface area contributed by atoms with Gasteiger partial charge in [0.2, 0.25) is 0 Å². The van der Waals surface area contributed by atoms with E-state index in [0.717, 1.165) is 22.8 Å². The maximum atomic E-state index is 5.37. The highest BCUT2D eigenvalue weighted by atomic mass is 16.5. The fraction of sp³-hybridized carbons (Fsp3) is 0.0952. The summed E-state index contributed by atoms with van der Waals surface area (Å²) in [6.07, 6.45) is 5.64. The number of nitrogens with zero attached hydrogens (tertiary/aromatic N) is 5. The second-order valence-electron chi connectivity index (χ2n) is 5.81. The van der Waals surface area contributed by atoms with Gasteiger partial charge >= 0.3 is 0 Å². The largest absolute Gasteiger partial charge is 0.484 e. The molecule has 0 atom stereocenters. The Bertz CT molecular complexity index is 1030. The van der Waals surface area contributed by atoms with Gasteiger partial charge in [-0.3, -0.25) is 9.97 Å². The minimum absolute atomic E-state index is 0.466. The van der Waals surface area contributed by atoms with Gasteiger partial charge in [0.1, 0.15) is 5.70 Å². The molecule has 0 saturated heterocycles. The van der Waals surface area contributed by atoms with Crippen LogP contribution in [0.4, 0.5) is 0 Å². The molecule has 4 rings (SSSR count). The van der Waals surface area contributed by atoms with Crippen LogP contribution in [0.3, 0.4) is 0 Å². The van der Waals surface area contributed by atoms with Gasteiger partial charge in [-0.1, -0.05) is 18.2 Å². The maximum absolute atomic E-state index is 5.37. The normalized spacial score (nSPS) is 13.9. The lowest BCUT2D eigenvalue weighted by atomic mass is 10.1. The Balaban J connectivity index is 1.77. The number of aliphatic imine (C=N–C) groups is 2. The number of aromatic nitrogens is 3. The molecule has 6 nitrogen and oxygen atoms in total. The molecule has 4 heterocycles. The summed E-state index contributed by atoms with van der Waals surface area (Å²) in [7, 11) is 1.60. The lowest BCUT2D eigenvalue weighted by molar-refractivity contribution is 0.396. The maximum Gasteiger partial charge on any atom is 0.193 e. The number of hydrogen-bond acceptors (Lipinski definition) is 6. The van der Waals surface area contributed by atoms with E-state index in [2.05, 4.69) is 15.0 Å².